The van der Waals surface area contributed by atoms with Gasteiger partial charge in [0.25, 0.3) is 0 Å². The second-order valence-electron chi connectivity index (χ2n) is 11.6. The van der Waals surface area contributed by atoms with E-state index in [1.165, 1.54) is 21.9 Å². The van der Waals surface area contributed by atoms with Crippen LogP contribution < -0.4 is 4.90 Å². The van der Waals surface area contributed by atoms with Gasteiger partial charge in [-0.05, 0) is 69.9 Å². The highest BCUT2D eigenvalue weighted by molar-refractivity contribution is 6.21. The van der Waals surface area contributed by atoms with Gasteiger partial charge in [0.05, 0.1) is 22.3 Å². The Labute approximate surface area is 266 Å². The van der Waals surface area contributed by atoms with Crippen LogP contribution in [0.4, 0.5) is 17.1 Å². The number of aromatic nitrogens is 1. The molecule has 0 atom stereocenters. The van der Waals surface area contributed by atoms with E-state index < -0.39 is 0 Å². The van der Waals surface area contributed by atoms with Gasteiger partial charge in [-0.3, -0.25) is 4.98 Å². The van der Waals surface area contributed by atoms with E-state index in [1.807, 2.05) is 24.4 Å². The average Bonchev–Trinajstić information content (AvgIpc) is 3.53. The van der Waals surface area contributed by atoms with Gasteiger partial charge in [-0.25, -0.2) is 0 Å². The van der Waals surface area contributed by atoms with Gasteiger partial charge in [0.2, 0.25) is 0 Å². The number of para-hydroxylation sites is 2. The van der Waals surface area contributed by atoms with Crippen LogP contribution in [0.25, 0.3) is 65.9 Å². The zero-order chi connectivity index (χ0) is 30.5. The van der Waals surface area contributed by atoms with Crippen LogP contribution >= 0.6 is 0 Å². The molecule has 3 nitrogen and oxygen atoms in total. The molecular weight excluding hydrogens is 560 g/mol. The third-order valence-corrected chi connectivity index (χ3v) is 8.89. The summed E-state index contributed by atoms with van der Waals surface area (Å²) in [5.74, 6) is 0. The fraction of sp³-hybridized carbons (Fsp3) is 0. The highest BCUT2D eigenvalue weighted by atomic mass is 16.3. The van der Waals surface area contributed by atoms with E-state index in [2.05, 4.69) is 150 Å². The van der Waals surface area contributed by atoms with E-state index in [9.17, 15) is 0 Å². The van der Waals surface area contributed by atoms with Crippen LogP contribution in [0.5, 0.6) is 0 Å². The third kappa shape index (κ3) is 4.25. The minimum atomic E-state index is 0.841. The van der Waals surface area contributed by atoms with Crippen LogP contribution in [0, 0.1) is 0 Å². The fourth-order valence-corrected chi connectivity index (χ4v) is 6.81. The summed E-state index contributed by atoms with van der Waals surface area (Å²) in [7, 11) is 0. The molecule has 46 heavy (non-hydrogen) atoms. The van der Waals surface area contributed by atoms with E-state index in [-0.39, 0.29) is 0 Å². The summed E-state index contributed by atoms with van der Waals surface area (Å²) in [4.78, 5) is 7.22. The van der Waals surface area contributed by atoms with Gasteiger partial charge in [0.15, 0.2) is 0 Å². The summed E-state index contributed by atoms with van der Waals surface area (Å²) in [5.41, 5.74) is 10.4. The Kier molecular flexibility index (Phi) is 6.14. The molecule has 0 radical (unpaired) electrons. The lowest BCUT2D eigenvalue weighted by molar-refractivity contribution is 0.672. The predicted molar refractivity (Wildman–Crippen MR) is 192 cm³/mol. The molecule has 0 unspecified atom stereocenters. The monoisotopic (exact) mass is 588 g/mol. The molecule has 3 heteroatoms. The molecule has 0 aliphatic heterocycles. The van der Waals surface area contributed by atoms with E-state index in [1.54, 1.807) is 0 Å². The van der Waals surface area contributed by atoms with Crippen molar-refractivity contribution >= 4 is 60.7 Å². The second kappa shape index (κ2) is 10.8. The van der Waals surface area contributed by atoms with Crippen molar-refractivity contribution in [3.05, 3.63) is 170 Å². The van der Waals surface area contributed by atoms with E-state index >= 15 is 0 Å². The summed E-state index contributed by atoms with van der Waals surface area (Å²) in [6.45, 7) is 0. The van der Waals surface area contributed by atoms with Crippen LogP contribution in [-0.4, -0.2) is 4.98 Å². The number of nitrogens with zero attached hydrogens (tertiary/aromatic N) is 2. The van der Waals surface area contributed by atoms with Gasteiger partial charge < -0.3 is 9.32 Å². The number of benzene rings is 7. The highest BCUT2D eigenvalue weighted by Gasteiger charge is 2.24. The Hall–Kier alpha value is -6.19. The third-order valence-electron chi connectivity index (χ3n) is 8.89. The highest BCUT2D eigenvalue weighted by Crippen LogP contribution is 2.48. The topological polar surface area (TPSA) is 29.3 Å². The van der Waals surface area contributed by atoms with Gasteiger partial charge in [0, 0.05) is 28.2 Å². The molecule has 7 aromatic carbocycles. The van der Waals surface area contributed by atoms with Crippen molar-refractivity contribution in [2.45, 2.75) is 0 Å². The summed E-state index contributed by atoms with van der Waals surface area (Å²) in [5, 5.41) is 5.57. The summed E-state index contributed by atoms with van der Waals surface area (Å²) in [6.07, 6.45) is 1.85. The van der Waals surface area contributed by atoms with Crippen molar-refractivity contribution in [1.29, 1.82) is 0 Å². The Morgan fingerprint density at radius 1 is 0.478 bits per heavy atom. The molecule has 0 fully saturated rings. The normalized spacial score (nSPS) is 11.5. The lowest BCUT2D eigenvalue weighted by Crippen LogP contribution is -2.12. The largest absolute Gasteiger partial charge is 0.455 e. The maximum Gasteiger partial charge on any atom is 0.146 e. The quantitative estimate of drug-likeness (QED) is 0.200. The first-order chi connectivity index (χ1) is 22.8. The Balaban J connectivity index is 1.40. The standard InChI is InChI=1S/C43H28N2O/c1-2-13-29(14-3-1)31-17-10-18-32(27-31)45(39-24-8-6-20-35(39)34-22-11-16-30-15-4-5-19-33(30)34)40-28-38-36(23-12-26-44-38)43-42(40)37-21-7-9-25-41(37)46-43/h1-28H. The predicted octanol–water partition coefficient (Wildman–Crippen LogP) is 12.1. The van der Waals surface area contributed by atoms with Crippen molar-refractivity contribution in [1.82, 2.24) is 4.98 Å². The van der Waals surface area contributed by atoms with Gasteiger partial charge in [-0.1, -0.05) is 121 Å². The molecule has 2 aromatic heterocycles. The molecule has 0 saturated heterocycles. The molecule has 0 spiro atoms. The maximum absolute atomic E-state index is 6.63. The molecule has 0 aliphatic rings. The zero-order valence-corrected chi connectivity index (χ0v) is 25.0. The molecule has 9 rings (SSSR count). The molecule has 9 aromatic rings. The number of rotatable bonds is 5. The summed E-state index contributed by atoms with van der Waals surface area (Å²) >= 11 is 0. The lowest BCUT2D eigenvalue weighted by atomic mass is 9.95. The van der Waals surface area contributed by atoms with Gasteiger partial charge in [0.1, 0.15) is 11.2 Å². The van der Waals surface area contributed by atoms with Crippen LogP contribution in [0.15, 0.2) is 174 Å². The smallest absolute Gasteiger partial charge is 0.146 e. The number of hydrogen-bond donors (Lipinski definition) is 0. The Bertz CT molecular complexity index is 2540. The molecule has 0 saturated carbocycles. The Morgan fingerprint density at radius 2 is 1.17 bits per heavy atom. The summed E-state index contributed by atoms with van der Waals surface area (Å²) in [6, 6.07) is 57.9. The molecular formula is C43H28N2O. The van der Waals surface area contributed by atoms with Gasteiger partial charge in [-0.15, -0.1) is 0 Å². The van der Waals surface area contributed by atoms with Gasteiger partial charge >= 0.3 is 0 Å². The minimum absolute atomic E-state index is 0.841. The maximum atomic E-state index is 6.63. The Morgan fingerprint density at radius 3 is 2.11 bits per heavy atom. The van der Waals surface area contributed by atoms with E-state index in [0.29, 0.717) is 0 Å². The van der Waals surface area contributed by atoms with Crippen molar-refractivity contribution in [3.63, 3.8) is 0 Å². The number of hydrogen-bond acceptors (Lipinski definition) is 3. The van der Waals surface area contributed by atoms with Crippen LogP contribution in [0.1, 0.15) is 0 Å². The average molecular weight is 589 g/mol. The zero-order valence-electron chi connectivity index (χ0n) is 25.0. The first kappa shape index (κ1) is 26.2. The number of anilines is 3. The molecule has 0 bridgehead atoms. The molecule has 0 N–H and O–H groups in total. The van der Waals surface area contributed by atoms with Gasteiger partial charge in [-0.2, -0.15) is 0 Å². The number of pyridine rings is 1. The van der Waals surface area contributed by atoms with E-state index in [4.69, 9.17) is 9.40 Å². The van der Waals surface area contributed by atoms with Crippen molar-refractivity contribution in [3.8, 4) is 22.3 Å². The van der Waals surface area contributed by atoms with Crippen molar-refractivity contribution in [2.24, 2.45) is 0 Å². The molecule has 0 aliphatic carbocycles. The van der Waals surface area contributed by atoms with Crippen LogP contribution in [0.3, 0.4) is 0 Å². The van der Waals surface area contributed by atoms with Crippen LogP contribution in [0.2, 0.25) is 0 Å². The molecule has 216 valence electrons. The summed E-state index contributed by atoms with van der Waals surface area (Å²) < 4.78 is 6.63. The van der Waals surface area contributed by atoms with Crippen molar-refractivity contribution < 1.29 is 4.42 Å². The number of fused-ring (bicyclic) bond motifs is 6. The molecule has 2 heterocycles. The first-order valence-corrected chi connectivity index (χ1v) is 15.6. The minimum Gasteiger partial charge on any atom is -0.455 e. The van der Waals surface area contributed by atoms with E-state index in [0.717, 1.165) is 61.0 Å². The second-order valence-corrected chi connectivity index (χ2v) is 11.6. The fourth-order valence-electron chi connectivity index (χ4n) is 6.81. The first-order valence-electron chi connectivity index (χ1n) is 15.6. The SMILES string of the molecule is c1ccc(-c2cccc(N(c3ccccc3-c3cccc4ccccc34)c3cc4ncccc4c4oc5ccccc5c34)c2)cc1. The van der Waals surface area contributed by atoms with Crippen molar-refractivity contribution in [2.75, 3.05) is 4.90 Å². The van der Waals surface area contributed by atoms with Crippen LogP contribution in [-0.2, 0) is 0 Å². The number of furan rings is 1. The lowest BCUT2D eigenvalue weighted by Gasteiger charge is -2.29. The molecule has 0 amide bonds.